The van der Waals surface area contributed by atoms with Crippen LogP contribution in [0.3, 0.4) is 0 Å². The van der Waals surface area contributed by atoms with Crippen molar-refractivity contribution in [3.63, 3.8) is 0 Å². The maximum Gasteiger partial charge on any atom is 0.162 e. The fraction of sp³-hybridized carbons (Fsp3) is 0.118. The average molecular weight is 334 g/mol. The molecule has 0 aliphatic heterocycles. The molecule has 0 aliphatic rings. The molecule has 0 radical (unpaired) electrons. The van der Waals surface area contributed by atoms with Crippen molar-refractivity contribution in [1.82, 2.24) is 0 Å². The van der Waals surface area contributed by atoms with Gasteiger partial charge in [-0.25, -0.2) is 0 Å². The van der Waals surface area contributed by atoms with E-state index in [1.807, 2.05) is 0 Å². The Hall–Kier alpha value is -2.15. The van der Waals surface area contributed by atoms with Crippen LogP contribution in [-0.4, -0.2) is 14.2 Å². The van der Waals surface area contributed by atoms with Crippen molar-refractivity contribution in [2.45, 2.75) is 0 Å². The topological polar surface area (TPSA) is 42.2 Å². The minimum atomic E-state index is 0.472. The number of benzene rings is 2. The fourth-order valence-corrected chi connectivity index (χ4v) is 2.28. The highest BCUT2D eigenvalue weighted by atomic mass is 35.5. The standard InChI is InChI=1S/C17H13Cl2NO2/c1-21-16-8-12(15(19)9-17(16)22-2)7-13(10-20)11-3-5-14(18)6-4-11/h3-9H,1-2H3. The number of nitrogens with zero attached hydrogens (tertiary/aromatic N) is 1. The van der Waals surface area contributed by atoms with E-state index in [9.17, 15) is 5.26 Å². The second-order valence-corrected chi connectivity index (χ2v) is 5.25. The average Bonchev–Trinajstić information content (AvgIpc) is 2.54. The van der Waals surface area contributed by atoms with Crippen molar-refractivity contribution < 1.29 is 9.47 Å². The highest BCUT2D eigenvalue weighted by molar-refractivity contribution is 6.32. The summed E-state index contributed by atoms with van der Waals surface area (Å²) in [6.07, 6.45) is 1.70. The molecule has 0 saturated heterocycles. The van der Waals surface area contributed by atoms with Gasteiger partial charge in [0.2, 0.25) is 0 Å². The van der Waals surface area contributed by atoms with Crippen molar-refractivity contribution in [1.29, 1.82) is 5.26 Å². The molecule has 2 aromatic rings. The van der Waals surface area contributed by atoms with Gasteiger partial charge in [-0.2, -0.15) is 5.26 Å². The van der Waals surface area contributed by atoms with Gasteiger partial charge in [-0.15, -0.1) is 0 Å². The van der Waals surface area contributed by atoms with Crippen LogP contribution in [0.15, 0.2) is 36.4 Å². The Morgan fingerprint density at radius 1 is 1.05 bits per heavy atom. The van der Waals surface area contributed by atoms with Crippen LogP contribution in [0.25, 0.3) is 11.6 Å². The SMILES string of the molecule is COc1cc(Cl)c(C=C(C#N)c2ccc(Cl)cc2)cc1OC. The largest absolute Gasteiger partial charge is 0.493 e. The number of halogens is 2. The van der Waals surface area contributed by atoms with Gasteiger partial charge in [-0.05, 0) is 35.4 Å². The molecule has 0 aliphatic carbocycles. The molecule has 22 heavy (non-hydrogen) atoms. The van der Waals surface area contributed by atoms with Crippen LogP contribution in [0, 0.1) is 11.3 Å². The molecule has 0 spiro atoms. The lowest BCUT2D eigenvalue weighted by atomic mass is 10.0. The summed E-state index contributed by atoms with van der Waals surface area (Å²) in [6.45, 7) is 0. The minimum absolute atomic E-state index is 0.472. The van der Waals surface area contributed by atoms with E-state index < -0.39 is 0 Å². The van der Waals surface area contributed by atoms with Gasteiger partial charge in [0.25, 0.3) is 0 Å². The summed E-state index contributed by atoms with van der Waals surface area (Å²) < 4.78 is 10.4. The lowest BCUT2D eigenvalue weighted by Crippen LogP contribution is -1.92. The zero-order valence-electron chi connectivity index (χ0n) is 12.1. The molecule has 2 aromatic carbocycles. The van der Waals surface area contributed by atoms with E-state index in [-0.39, 0.29) is 0 Å². The molecule has 0 amide bonds. The third kappa shape index (κ3) is 3.54. The Kier molecular flexibility index (Phi) is 5.32. The van der Waals surface area contributed by atoms with E-state index in [1.54, 1.807) is 49.6 Å². The lowest BCUT2D eigenvalue weighted by Gasteiger charge is -2.10. The second kappa shape index (κ2) is 7.22. The fourth-order valence-electron chi connectivity index (χ4n) is 1.95. The molecule has 0 atom stereocenters. The van der Waals surface area contributed by atoms with E-state index in [2.05, 4.69) is 6.07 Å². The number of allylic oxidation sites excluding steroid dienone is 1. The van der Waals surface area contributed by atoms with Gasteiger partial charge >= 0.3 is 0 Å². The molecule has 0 N–H and O–H groups in total. The van der Waals surface area contributed by atoms with Crippen LogP contribution in [0.1, 0.15) is 11.1 Å². The van der Waals surface area contributed by atoms with E-state index in [4.69, 9.17) is 32.7 Å². The summed E-state index contributed by atoms with van der Waals surface area (Å²) >= 11 is 12.1. The molecule has 112 valence electrons. The summed E-state index contributed by atoms with van der Waals surface area (Å²) in [5.74, 6) is 1.08. The van der Waals surface area contributed by atoms with E-state index >= 15 is 0 Å². The van der Waals surface area contributed by atoms with Crippen LogP contribution < -0.4 is 9.47 Å². The monoisotopic (exact) mass is 333 g/mol. The van der Waals surface area contributed by atoms with Crippen molar-refractivity contribution in [2.75, 3.05) is 14.2 Å². The lowest BCUT2D eigenvalue weighted by molar-refractivity contribution is 0.355. The Labute approximate surface area is 139 Å². The van der Waals surface area contributed by atoms with Gasteiger partial charge in [0.15, 0.2) is 11.5 Å². The summed E-state index contributed by atoms with van der Waals surface area (Å²) in [7, 11) is 3.09. The van der Waals surface area contributed by atoms with Crippen molar-refractivity contribution in [2.24, 2.45) is 0 Å². The highest BCUT2D eigenvalue weighted by Crippen LogP contribution is 2.34. The van der Waals surface area contributed by atoms with Crippen LogP contribution in [0.4, 0.5) is 0 Å². The quantitative estimate of drug-likeness (QED) is 0.579. The Morgan fingerprint density at radius 2 is 1.64 bits per heavy atom. The zero-order valence-corrected chi connectivity index (χ0v) is 13.6. The number of hydrogen-bond acceptors (Lipinski definition) is 3. The Bertz CT molecular complexity index is 746. The minimum Gasteiger partial charge on any atom is -0.493 e. The molecule has 2 rings (SSSR count). The van der Waals surface area contributed by atoms with Gasteiger partial charge in [0.1, 0.15) is 0 Å². The van der Waals surface area contributed by atoms with Gasteiger partial charge in [-0.3, -0.25) is 0 Å². The Balaban J connectivity index is 2.50. The van der Waals surface area contributed by atoms with Gasteiger partial charge < -0.3 is 9.47 Å². The van der Waals surface area contributed by atoms with Crippen LogP contribution in [0.5, 0.6) is 11.5 Å². The number of hydrogen-bond donors (Lipinski definition) is 0. The number of ether oxygens (including phenoxy) is 2. The maximum atomic E-state index is 9.38. The van der Waals surface area contributed by atoms with Gasteiger partial charge in [0, 0.05) is 11.1 Å². The predicted octanol–water partition coefficient (Wildman–Crippen LogP) is 5.07. The summed E-state index contributed by atoms with van der Waals surface area (Å²) in [5, 5.41) is 10.5. The Morgan fingerprint density at radius 3 is 2.18 bits per heavy atom. The summed E-state index contributed by atoms with van der Waals surface area (Å²) in [4.78, 5) is 0. The first kappa shape index (κ1) is 16.2. The normalized spacial score (nSPS) is 11.0. The first-order chi connectivity index (χ1) is 10.6. The van der Waals surface area contributed by atoms with E-state index in [0.717, 1.165) is 5.56 Å². The molecule has 0 saturated carbocycles. The summed E-state index contributed by atoms with van der Waals surface area (Å²) in [6, 6.07) is 12.6. The smallest absolute Gasteiger partial charge is 0.162 e. The van der Waals surface area contributed by atoms with Crippen LogP contribution in [0.2, 0.25) is 10.0 Å². The van der Waals surface area contributed by atoms with Crippen LogP contribution in [-0.2, 0) is 0 Å². The molecule has 0 aromatic heterocycles. The molecule has 0 fully saturated rings. The highest BCUT2D eigenvalue weighted by Gasteiger charge is 2.10. The van der Waals surface area contributed by atoms with Crippen molar-refractivity contribution >= 4 is 34.9 Å². The molecule has 0 bridgehead atoms. The summed E-state index contributed by atoms with van der Waals surface area (Å²) in [5.41, 5.74) is 1.91. The first-order valence-electron chi connectivity index (χ1n) is 6.38. The molecular weight excluding hydrogens is 321 g/mol. The van der Waals surface area contributed by atoms with E-state index in [1.165, 1.54) is 7.11 Å². The number of nitriles is 1. The molecule has 0 unspecified atom stereocenters. The van der Waals surface area contributed by atoms with Crippen LogP contribution >= 0.6 is 23.2 Å². The molecule has 5 heteroatoms. The zero-order chi connectivity index (χ0) is 16.1. The molecule has 3 nitrogen and oxygen atoms in total. The molecule has 0 heterocycles. The first-order valence-corrected chi connectivity index (χ1v) is 7.14. The maximum absolute atomic E-state index is 9.38. The van der Waals surface area contributed by atoms with Gasteiger partial charge in [-0.1, -0.05) is 35.3 Å². The third-order valence-electron chi connectivity index (χ3n) is 3.08. The van der Waals surface area contributed by atoms with E-state index in [0.29, 0.717) is 32.7 Å². The second-order valence-electron chi connectivity index (χ2n) is 4.41. The van der Waals surface area contributed by atoms with Crippen molar-refractivity contribution in [3.8, 4) is 17.6 Å². The number of methoxy groups -OCH3 is 2. The number of rotatable bonds is 4. The predicted molar refractivity (Wildman–Crippen MR) is 89.5 cm³/mol. The van der Waals surface area contributed by atoms with Crippen molar-refractivity contribution in [3.05, 3.63) is 57.6 Å². The molecular formula is C17H13Cl2NO2. The third-order valence-corrected chi connectivity index (χ3v) is 3.66. The van der Waals surface area contributed by atoms with Gasteiger partial charge in [0.05, 0.1) is 30.9 Å².